The minimum Gasteiger partial charge on any atom is -0.372 e. The summed E-state index contributed by atoms with van der Waals surface area (Å²) < 4.78 is 0. The number of hydrogen-bond donors (Lipinski definition) is 2. The number of H-pyrrole nitrogens is 1. The monoisotopic (exact) mass is 488 g/mol. The summed E-state index contributed by atoms with van der Waals surface area (Å²) in [5.74, 6) is 0. The maximum atomic E-state index is 12.4. The quantitative estimate of drug-likeness (QED) is 0.252. The molecule has 5 rings (SSSR count). The molecule has 2 heterocycles. The van der Waals surface area contributed by atoms with Crippen LogP contribution >= 0.6 is 0 Å². The number of benzene rings is 3. The highest BCUT2D eigenvalue weighted by atomic mass is 16.1. The molecule has 0 aliphatic carbocycles. The van der Waals surface area contributed by atoms with Crippen molar-refractivity contribution in [1.29, 1.82) is 0 Å². The van der Waals surface area contributed by atoms with E-state index in [-0.39, 0.29) is 5.56 Å². The first-order chi connectivity index (χ1) is 18.2. The van der Waals surface area contributed by atoms with Gasteiger partial charge in [0.15, 0.2) is 0 Å². The molecule has 3 aromatic carbocycles. The second kappa shape index (κ2) is 11.2. The first-order valence-electron chi connectivity index (χ1n) is 12.9. The zero-order valence-electron chi connectivity index (χ0n) is 21.4. The highest BCUT2D eigenvalue weighted by molar-refractivity contribution is 5.91. The maximum absolute atomic E-state index is 12.4. The Morgan fingerprint density at radius 1 is 0.784 bits per heavy atom. The molecular formula is C32H32N4O. The number of pyridine rings is 2. The van der Waals surface area contributed by atoms with E-state index in [1.165, 1.54) is 16.8 Å². The minimum atomic E-state index is -0.127. The first-order valence-corrected chi connectivity index (χ1v) is 12.9. The van der Waals surface area contributed by atoms with E-state index >= 15 is 0 Å². The minimum absolute atomic E-state index is 0.127. The van der Waals surface area contributed by atoms with Gasteiger partial charge in [0.25, 0.3) is 5.56 Å². The molecule has 0 aliphatic heterocycles. The van der Waals surface area contributed by atoms with Crippen molar-refractivity contribution in [2.24, 2.45) is 0 Å². The largest absolute Gasteiger partial charge is 0.372 e. The van der Waals surface area contributed by atoms with Crippen LogP contribution in [-0.4, -0.2) is 23.1 Å². The second-order valence-electron chi connectivity index (χ2n) is 9.13. The smallest absolute Gasteiger partial charge is 0.257 e. The summed E-state index contributed by atoms with van der Waals surface area (Å²) in [6.45, 7) is 8.00. The third-order valence-electron chi connectivity index (χ3n) is 6.79. The highest BCUT2D eigenvalue weighted by Crippen LogP contribution is 2.32. The Labute approximate surface area is 217 Å². The predicted molar refractivity (Wildman–Crippen MR) is 154 cm³/mol. The molecule has 2 aromatic heterocycles. The lowest BCUT2D eigenvalue weighted by molar-refractivity contribution is 0.693. The summed E-state index contributed by atoms with van der Waals surface area (Å²) in [5, 5.41) is 4.15. The molecule has 0 unspecified atom stereocenters. The van der Waals surface area contributed by atoms with Crippen molar-refractivity contribution in [3.63, 3.8) is 0 Å². The Morgan fingerprint density at radius 2 is 1.43 bits per heavy atom. The van der Waals surface area contributed by atoms with E-state index < -0.39 is 0 Å². The van der Waals surface area contributed by atoms with Gasteiger partial charge in [0.2, 0.25) is 0 Å². The van der Waals surface area contributed by atoms with Gasteiger partial charge in [-0.05, 0) is 54.8 Å². The average molecular weight is 489 g/mol. The fourth-order valence-corrected chi connectivity index (χ4v) is 4.71. The van der Waals surface area contributed by atoms with Crippen molar-refractivity contribution < 1.29 is 0 Å². The molecule has 0 atom stereocenters. The van der Waals surface area contributed by atoms with Crippen molar-refractivity contribution in [3.8, 4) is 22.4 Å². The number of nitrogens with zero attached hydrogens (tertiary/aromatic N) is 2. The van der Waals surface area contributed by atoms with Crippen molar-refractivity contribution in [3.05, 3.63) is 119 Å². The maximum Gasteiger partial charge on any atom is 0.257 e. The molecular weight excluding hydrogens is 456 g/mol. The summed E-state index contributed by atoms with van der Waals surface area (Å²) in [7, 11) is 0. The molecule has 5 heteroatoms. The molecule has 0 amide bonds. The van der Waals surface area contributed by atoms with E-state index in [0.29, 0.717) is 10.9 Å². The van der Waals surface area contributed by atoms with Gasteiger partial charge >= 0.3 is 0 Å². The van der Waals surface area contributed by atoms with Gasteiger partial charge in [0.1, 0.15) is 0 Å². The lowest BCUT2D eigenvalue weighted by Gasteiger charge is -2.21. The standard InChI is InChI=1S/C32H32N4O/c1-3-36(4-2)27-16-12-24(13-17-27)22-33-21-23-10-14-26(15-11-23)31-28(25-8-6-5-7-9-25)20-29-30(35-31)18-19-34-32(29)37/h5-20,33H,3-4,21-22H2,1-2H3,(H,34,37). The number of hydrogen-bond acceptors (Lipinski definition) is 4. The summed E-state index contributed by atoms with van der Waals surface area (Å²) in [6.07, 6.45) is 1.65. The molecule has 0 bridgehead atoms. The Hall–Kier alpha value is -4.22. The van der Waals surface area contributed by atoms with E-state index in [4.69, 9.17) is 4.98 Å². The number of aromatic amines is 1. The molecule has 5 nitrogen and oxygen atoms in total. The predicted octanol–water partition coefficient (Wildman–Crippen LogP) is 6.39. The molecule has 2 N–H and O–H groups in total. The third-order valence-corrected chi connectivity index (χ3v) is 6.79. The number of rotatable bonds is 9. The van der Waals surface area contributed by atoms with Crippen LogP contribution in [0.25, 0.3) is 33.3 Å². The SMILES string of the molecule is CCN(CC)c1ccc(CNCc2ccc(-c3nc4cc[nH]c(=O)c4cc3-c3ccccc3)cc2)cc1. The summed E-state index contributed by atoms with van der Waals surface area (Å²) in [6, 6.07) is 31.2. The third kappa shape index (κ3) is 5.47. The molecule has 0 saturated heterocycles. The van der Waals surface area contributed by atoms with Crippen molar-refractivity contribution >= 4 is 16.6 Å². The molecule has 0 spiro atoms. The van der Waals surface area contributed by atoms with Crippen LogP contribution in [0, 0.1) is 0 Å². The second-order valence-corrected chi connectivity index (χ2v) is 9.13. The molecule has 0 saturated carbocycles. The van der Waals surface area contributed by atoms with Crippen LogP contribution in [0.15, 0.2) is 102 Å². The summed E-state index contributed by atoms with van der Waals surface area (Å²) in [4.78, 5) is 22.4. The highest BCUT2D eigenvalue weighted by Gasteiger charge is 2.13. The van der Waals surface area contributed by atoms with Crippen molar-refractivity contribution in [1.82, 2.24) is 15.3 Å². The van der Waals surface area contributed by atoms with Gasteiger partial charge in [-0.1, -0.05) is 66.7 Å². The van der Waals surface area contributed by atoms with Crippen molar-refractivity contribution in [2.45, 2.75) is 26.9 Å². The van der Waals surface area contributed by atoms with Crippen LogP contribution in [-0.2, 0) is 13.1 Å². The first kappa shape index (κ1) is 24.5. The van der Waals surface area contributed by atoms with Crippen LogP contribution in [0.2, 0.25) is 0 Å². The molecule has 5 aromatic rings. The van der Waals surface area contributed by atoms with Crippen LogP contribution in [0.5, 0.6) is 0 Å². The van der Waals surface area contributed by atoms with Gasteiger partial charge in [-0.25, -0.2) is 4.98 Å². The zero-order valence-corrected chi connectivity index (χ0v) is 21.4. The van der Waals surface area contributed by atoms with E-state index in [1.54, 1.807) is 6.20 Å². The fraction of sp³-hybridized carbons (Fsp3) is 0.188. The Kier molecular flexibility index (Phi) is 7.43. The van der Waals surface area contributed by atoms with Gasteiger partial charge in [0.05, 0.1) is 16.6 Å². The molecule has 186 valence electrons. The van der Waals surface area contributed by atoms with Crippen LogP contribution in [0.3, 0.4) is 0 Å². The molecule has 0 radical (unpaired) electrons. The summed E-state index contributed by atoms with van der Waals surface area (Å²) >= 11 is 0. The Bertz CT molecular complexity index is 1520. The molecule has 0 aliphatic rings. The topological polar surface area (TPSA) is 61.0 Å². The normalized spacial score (nSPS) is 11.1. The number of aromatic nitrogens is 2. The van der Waals surface area contributed by atoms with E-state index in [9.17, 15) is 4.79 Å². The number of nitrogens with one attached hydrogen (secondary N) is 2. The van der Waals surface area contributed by atoms with Crippen LogP contribution < -0.4 is 15.8 Å². The van der Waals surface area contributed by atoms with Gasteiger partial charge < -0.3 is 15.2 Å². The number of fused-ring (bicyclic) bond motifs is 1. The van der Waals surface area contributed by atoms with Gasteiger partial charge in [-0.2, -0.15) is 0 Å². The molecule has 37 heavy (non-hydrogen) atoms. The number of anilines is 1. The van der Waals surface area contributed by atoms with Gasteiger partial charge in [-0.15, -0.1) is 0 Å². The van der Waals surface area contributed by atoms with Crippen LogP contribution in [0.1, 0.15) is 25.0 Å². The zero-order chi connectivity index (χ0) is 25.6. The lowest BCUT2D eigenvalue weighted by Crippen LogP contribution is -2.21. The van der Waals surface area contributed by atoms with Crippen LogP contribution in [0.4, 0.5) is 5.69 Å². The lowest BCUT2D eigenvalue weighted by atomic mass is 9.97. The fourth-order valence-electron chi connectivity index (χ4n) is 4.71. The Balaban J connectivity index is 1.33. The van der Waals surface area contributed by atoms with Crippen molar-refractivity contribution in [2.75, 3.05) is 18.0 Å². The Morgan fingerprint density at radius 3 is 2.08 bits per heavy atom. The van der Waals surface area contributed by atoms with Gasteiger partial charge in [-0.3, -0.25) is 4.79 Å². The van der Waals surface area contributed by atoms with Gasteiger partial charge in [0, 0.05) is 49.2 Å². The van der Waals surface area contributed by atoms with E-state index in [2.05, 4.69) is 89.7 Å². The average Bonchev–Trinajstić information content (AvgIpc) is 2.95. The molecule has 0 fully saturated rings. The van der Waals surface area contributed by atoms with E-state index in [1.807, 2.05) is 30.3 Å². The summed E-state index contributed by atoms with van der Waals surface area (Å²) in [5.41, 5.74) is 8.20. The van der Waals surface area contributed by atoms with E-state index in [0.717, 1.165) is 48.6 Å².